The molecule has 0 spiro atoms. The van der Waals surface area contributed by atoms with Crippen molar-refractivity contribution in [3.63, 3.8) is 0 Å². The van der Waals surface area contributed by atoms with Gasteiger partial charge in [0.15, 0.2) is 0 Å². The molecule has 0 aromatic rings. The Labute approximate surface area is 153 Å². The second-order valence-corrected chi connectivity index (χ2v) is 6.88. The molecule has 0 bridgehead atoms. The molecule has 25 heavy (non-hydrogen) atoms. The number of ether oxygens (including phenoxy) is 1. The number of nitrogens with two attached hydrogens (primary N) is 1. The van der Waals surface area contributed by atoms with Gasteiger partial charge in [-0.05, 0) is 6.42 Å². The van der Waals surface area contributed by atoms with Crippen LogP contribution in [0, 0.1) is 0 Å². The monoisotopic (exact) mass is 357 g/mol. The Kier molecular flexibility index (Phi) is 16.0. The predicted molar refractivity (Wildman–Crippen MR) is 102 cm³/mol. The lowest BCUT2D eigenvalue weighted by molar-refractivity contribution is -0.141. The number of carbonyl (C=O) groups excluding carboxylic acids is 1. The minimum absolute atomic E-state index is 0.0324. The highest BCUT2D eigenvalue weighted by molar-refractivity contribution is 5.65. The molecule has 0 aromatic carbocycles. The van der Waals surface area contributed by atoms with E-state index in [0.717, 1.165) is 12.8 Å². The summed E-state index contributed by atoms with van der Waals surface area (Å²) in [4.78, 5) is 10.7. The first-order valence-corrected chi connectivity index (χ1v) is 9.90. The smallest absolute Gasteiger partial charge is 0.302 e. The summed E-state index contributed by atoms with van der Waals surface area (Å²) in [6.45, 7) is 3.50. The van der Waals surface area contributed by atoms with Crippen LogP contribution < -0.4 is 5.73 Å². The first-order valence-electron chi connectivity index (χ1n) is 9.90. The maximum absolute atomic E-state index is 10.7. The van der Waals surface area contributed by atoms with Gasteiger partial charge in [0.2, 0.25) is 0 Å². The largest absolute Gasteiger partial charge is 0.464 e. The molecule has 0 aliphatic rings. The van der Waals surface area contributed by atoms with Gasteiger partial charge in [0, 0.05) is 6.92 Å². The Balaban J connectivity index is 3.59. The topological polar surface area (TPSA) is 92.8 Å². The summed E-state index contributed by atoms with van der Waals surface area (Å²) in [5.41, 5.74) is 5.70. The SMILES string of the molecule is CCCCCCCCCCCCC(O)/C=C/C(O)C(N)COC(C)=O. The quantitative estimate of drug-likeness (QED) is 0.223. The van der Waals surface area contributed by atoms with E-state index in [1.54, 1.807) is 6.08 Å². The zero-order chi connectivity index (χ0) is 18.9. The Bertz CT molecular complexity index is 347. The van der Waals surface area contributed by atoms with Crippen molar-refractivity contribution in [1.29, 1.82) is 0 Å². The number of hydrogen-bond donors (Lipinski definition) is 3. The minimum atomic E-state index is -0.929. The fraction of sp³-hybridized carbons (Fsp3) is 0.850. The number of esters is 1. The van der Waals surface area contributed by atoms with Crippen molar-refractivity contribution in [1.82, 2.24) is 0 Å². The third kappa shape index (κ3) is 16.3. The number of carbonyl (C=O) groups is 1. The van der Waals surface area contributed by atoms with Gasteiger partial charge in [0.05, 0.1) is 18.2 Å². The fourth-order valence-corrected chi connectivity index (χ4v) is 2.63. The van der Waals surface area contributed by atoms with Crippen LogP contribution in [0.4, 0.5) is 0 Å². The second-order valence-electron chi connectivity index (χ2n) is 6.88. The van der Waals surface area contributed by atoms with E-state index in [1.165, 1.54) is 64.4 Å². The zero-order valence-electron chi connectivity index (χ0n) is 16.2. The van der Waals surface area contributed by atoms with E-state index in [4.69, 9.17) is 10.5 Å². The lowest BCUT2D eigenvalue weighted by Crippen LogP contribution is -2.38. The Morgan fingerprint density at radius 2 is 1.48 bits per heavy atom. The average Bonchev–Trinajstić information content (AvgIpc) is 2.59. The summed E-state index contributed by atoms with van der Waals surface area (Å²) >= 11 is 0. The molecule has 0 aliphatic heterocycles. The van der Waals surface area contributed by atoms with Crippen LogP contribution in [0.3, 0.4) is 0 Å². The summed E-state index contributed by atoms with van der Waals surface area (Å²) in [6, 6.07) is -0.676. The molecule has 0 rings (SSSR count). The van der Waals surface area contributed by atoms with Gasteiger partial charge in [-0.2, -0.15) is 0 Å². The molecule has 0 fully saturated rings. The molecule has 5 nitrogen and oxygen atoms in total. The van der Waals surface area contributed by atoms with Crippen LogP contribution in [0.15, 0.2) is 12.2 Å². The predicted octanol–water partition coefficient (Wildman–Crippen LogP) is 3.47. The van der Waals surface area contributed by atoms with E-state index in [1.807, 2.05) is 0 Å². The highest BCUT2D eigenvalue weighted by Gasteiger charge is 2.13. The van der Waals surface area contributed by atoms with Crippen LogP contribution in [-0.4, -0.2) is 41.0 Å². The molecule has 5 heteroatoms. The Hall–Kier alpha value is -0.910. The lowest BCUT2D eigenvalue weighted by atomic mass is 10.0. The summed E-state index contributed by atoms with van der Waals surface area (Å²) in [6.07, 6.45) is 14.9. The molecular formula is C20H39NO4. The second kappa shape index (κ2) is 16.6. The van der Waals surface area contributed by atoms with Crippen molar-refractivity contribution in [2.24, 2.45) is 5.73 Å². The van der Waals surface area contributed by atoms with Crippen LogP contribution in [0.25, 0.3) is 0 Å². The third-order valence-electron chi connectivity index (χ3n) is 4.30. The Morgan fingerprint density at radius 1 is 0.960 bits per heavy atom. The van der Waals surface area contributed by atoms with E-state index >= 15 is 0 Å². The van der Waals surface area contributed by atoms with Crippen molar-refractivity contribution < 1.29 is 19.7 Å². The van der Waals surface area contributed by atoms with Gasteiger partial charge in [-0.25, -0.2) is 0 Å². The highest BCUT2D eigenvalue weighted by Crippen LogP contribution is 2.12. The minimum Gasteiger partial charge on any atom is -0.464 e. The summed E-state index contributed by atoms with van der Waals surface area (Å²) in [5.74, 6) is -0.423. The summed E-state index contributed by atoms with van der Waals surface area (Å²) < 4.78 is 4.75. The van der Waals surface area contributed by atoms with Gasteiger partial charge in [-0.15, -0.1) is 0 Å². The number of aliphatic hydroxyl groups excluding tert-OH is 2. The average molecular weight is 358 g/mol. The van der Waals surface area contributed by atoms with E-state index in [-0.39, 0.29) is 6.61 Å². The normalized spacial score (nSPS) is 15.2. The molecule has 3 unspecified atom stereocenters. The highest BCUT2D eigenvalue weighted by atomic mass is 16.5. The molecule has 3 atom stereocenters. The number of unbranched alkanes of at least 4 members (excludes halogenated alkanes) is 9. The molecule has 0 aromatic heterocycles. The van der Waals surface area contributed by atoms with Crippen LogP contribution >= 0.6 is 0 Å². The summed E-state index contributed by atoms with van der Waals surface area (Å²) in [5, 5.41) is 19.7. The van der Waals surface area contributed by atoms with Gasteiger partial charge in [0.25, 0.3) is 0 Å². The van der Waals surface area contributed by atoms with Gasteiger partial charge >= 0.3 is 5.97 Å². The Morgan fingerprint density at radius 3 is 2.00 bits per heavy atom. The zero-order valence-corrected chi connectivity index (χ0v) is 16.2. The van der Waals surface area contributed by atoms with Crippen molar-refractivity contribution in [3.05, 3.63) is 12.2 Å². The fourth-order valence-electron chi connectivity index (χ4n) is 2.63. The molecule has 0 heterocycles. The maximum atomic E-state index is 10.7. The van der Waals surface area contributed by atoms with Gasteiger partial charge < -0.3 is 20.7 Å². The van der Waals surface area contributed by atoms with Crippen LogP contribution in [0.5, 0.6) is 0 Å². The molecule has 0 amide bonds. The van der Waals surface area contributed by atoms with Crippen molar-refractivity contribution >= 4 is 5.97 Å². The molecule has 4 N–H and O–H groups in total. The molecular weight excluding hydrogens is 318 g/mol. The van der Waals surface area contributed by atoms with Crippen molar-refractivity contribution in [2.75, 3.05) is 6.61 Å². The first-order chi connectivity index (χ1) is 12.0. The standard InChI is InChI=1S/C20H39NO4/c1-3-4-5-6-7-8-9-10-11-12-13-18(23)14-15-20(24)19(21)16-25-17(2)22/h14-15,18-20,23-24H,3-13,16,21H2,1-2H3/b15-14+. The van der Waals surface area contributed by atoms with Crippen molar-refractivity contribution in [2.45, 2.75) is 103 Å². The van der Waals surface area contributed by atoms with Crippen LogP contribution in [0.1, 0.15) is 84.5 Å². The first kappa shape index (κ1) is 24.1. The number of rotatable bonds is 16. The molecule has 0 saturated heterocycles. The van der Waals surface area contributed by atoms with E-state index in [9.17, 15) is 15.0 Å². The van der Waals surface area contributed by atoms with Gasteiger partial charge in [-0.3, -0.25) is 4.79 Å². The van der Waals surface area contributed by atoms with Crippen LogP contribution in [-0.2, 0) is 9.53 Å². The maximum Gasteiger partial charge on any atom is 0.302 e. The van der Waals surface area contributed by atoms with Crippen molar-refractivity contribution in [3.8, 4) is 0 Å². The van der Waals surface area contributed by atoms with Crippen LogP contribution in [0.2, 0.25) is 0 Å². The molecule has 148 valence electrons. The molecule has 0 saturated carbocycles. The van der Waals surface area contributed by atoms with Gasteiger partial charge in [-0.1, -0.05) is 83.3 Å². The van der Waals surface area contributed by atoms with Gasteiger partial charge in [0.1, 0.15) is 6.61 Å². The van der Waals surface area contributed by atoms with E-state index in [0.29, 0.717) is 6.42 Å². The van der Waals surface area contributed by atoms with E-state index < -0.39 is 24.2 Å². The molecule has 0 radical (unpaired) electrons. The third-order valence-corrected chi connectivity index (χ3v) is 4.30. The summed E-state index contributed by atoms with van der Waals surface area (Å²) in [7, 11) is 0. The number of hydrogen-bond acceptors (Lipinski definition) is 5. The van der Waals surface area contributed by atoms with E-state index in [2.05, 4.69) is 6.92 Å². The molecule has 0 aliphatic carbocycles. The number of aliphatic hydroxyl groups is 2. The lowest BCUT2D eigenvalue weighted by Gasteiger charge is -2.15.